The average molecular weight is 945 g/mol. The van der Waals surface area contributed by atoms with Crippen molar-refractivity contribution in [1.29, 1.82) is 5.41 Å². The number of thioether (sulfide) groups is 1. The minimum absolute atomic E-state index is 0.0218. The lowest BCUT2D eigenvalue weighted by Crippen LogP contribution is -2.52. The third-order valence-electron chi connectivity index (χ3n) is 11.9. The van der Waals surface area contributed by atoms with Crippen molar-refractivity contribution in [3.63, 3.8) is 0 Å². The van der Waals surface area contributed by atoms with E-state index in [4.69, 9.17) is 19.6 Å². The van der Waals surface area contributed by atoms with Crippen LogP contribution in [0.15, 0.2) is 66.9 Å². The maximum atomic E-state index is 14.9. The molecule has 0 aliphatic carbocycles. The minimum atomic E-state index is -2.67. The van der Waals surface area contributed by atoms with Crippen LogP contribution in [-0.2, 0) is 11.3 Å². The van der Waals surface area contributed by atoms with Gasteiger partial charge in [0.15, 0.2) is 23.1 Å². The number of carbonyl (C=O) groups is 4. The van der Waals surface area contributed by atoms with E-state index in [1.165, 1.54) is 17.4 Å². The Morgan fingerprint density at radius 3 is 2.34 bits per heavy atom. The Balaban J connectivity index is 0.000000200. The number of pyridine rings is 1. The van der Waals surface area contributed by atoms with Gasteiger partial charge in [0.1, 0.15) is 17.4 Å². The number of imide groups is 2. The van der Waals surface area contributed by atoms with Gasteiger partial charge < -0.3 is 24.4 Å². The maximum absolute atomic E-state index is 14.9. The molecule has 0 saturated carbocycles. The van der Waals surface area contributed by atoms with E-state index in [2.05, 4.69) is 20.5 Å². The second kappa shape index (κ2) is 21.5. The summed E-state index contributed by atoms with van der Waals surface area (Å²) < 4.78 is 59.0. The summed E-state index contributed by atoms with van der Waals surface area (Å²) in [5.41, 5.74) is 2.99. The van der Waals surface area contributed by atoms with Gasteiger partial charge in [0, 0.05) is 75.3 Å². The lowest BCUT2D eigenvalue weighted by Gasteiger charge is -2.32. The number of nitrogens with one attached hydrogen (secondary N) is 3. The Kier molecular flexibility index (Phi) is 15.6. The van der Waals surface area contributed by atoms with Crippen molar-refractivity contribution in [2.24, 2.45) is 0 Å². The Labute approximate surface area is 391 Å². The fourth-order valence-electron chi connectivity index (χ4n) is 8.56. The molecule has 4 aliphatic heterocycles. The summed E-state index contributed by atoms with van der Waals surface area (Å²) in [5, 5.41) is 13.4. The largest absolute Gasteiger partial charge is 0.493 e. The molecule has 8 rings (SSSR count). The molecule has 67 heavy (non-hydrogen) atoms. The first-order valence-corrected chi connectivity index (χ1v) is 23.6. The van der Waals surface area contributed by atoms with Crippen molar-refractivity contribution >= 4 is 52.9 Å². The summed E-state index contributed by atoms with van der Waals surface area (Å²) in [5.74, 6) is -1.80. The number of carbonyl (C=O) groups excluding carboxylic acids is 4. The smallest absolute Gasteiger partial charge is 0.329 e. The van der Waals surface area contributed by atoms with Crippen LogP contribution in [0, 0.1) is 11.2 Å². The molecule has 1 aromatic heterocycles. The predicted octanol–water partition coefficient (Wildman–Crippen LogP) is 8.34. The molecule has 4 aliphatic rings. The number of ether oxygens (including phenoxy) is 3. The molecule has 1 unspecified atom stereocenters. The Bertz CT molecular complexity index is 2490. The molecule has 19 heteroatoms. The highest BCUT2D eigenvalue weighted by atomic mass is 32.2. The quantitative estimate of drug-likeness (QED) is 0.0629. The zero-order valence-electron chi connectivity index (χ0n) is 38.0. The van der Waals surface area contributed by atoms with Crippen LogP contribution in [0.25, 0.3) is 0 Å². The average Bonchev–Trinajstić information content (AvgIpc) is 3.56. The highest BCUT2D eigenvalue weighted by molar-refractivity contribution is 7.98. The molecule has 5 amide bonds. The zero-order valence-corrected chi connectivity index (χ0v) is 38.8. The van der Waals surface area contributed by atoms with Crippen LogP contribution in [-0.4, -0.2) is 121 Å². The number of piperidine rings is 2. The molecule has 3 aromatic carbocycles. The molecule has 3 N–H and O–H groups in total. The summed E-state index contributed by atoms with van der Waals surface area (Å²) in [7, 11) is 3.18. The van der Waals surface area contributed by atoms with Crippen molar-refractivity contribution in [2.75, 3.05) is 75.7 Å². The number of hydrogen-bond acceptors (Lipinski definition) is 13. The molecule has 3 fully saturated rings. The Morgan fingerprint density at radius 1 is 0.925 bits per heavy atom. The normalized spacial score (nSPS) is 17.6. The number of urea groups is 1. The van der Waals surface area contributed by atoms with Crippen LogP contribution < -0.4 is 29.7 Å². The monoisotopic (exact) mass is 944 g/mol. The van der Waals surface area contributed by atoms with Gasteiger partial charge in [0.05, 0.1) is 37.4 Å². The van der Waals surface area contributed by atoms with Gasteiger partial charge in [-0.25, -0.2) is 22.9 Å². The number of hydrogen-bond donors (Lipinski definition) is 3. The predicted molar refractivity (Wildman–Crippen MR) is 250 cm³/mol. The van der Waals surface area contributed by atoms with Gasteiger partial charge >= 0.3 is 6.03 Å². The van der Waals surface area contributed by atoms with Gasteiger partial charge in [-0.2, -0.15) is 11.8 Å². The molecule has 0 spiro atoms. The third kappa shape index (κ3) is 11.3. The van der Waals surface area contributed by atoms with Gasteiger partial charge in [-0.05, 0) is 92.9 Å². The molecule has 0 radical (unpaired) electrons. The molecule has 4 aromatic rings. The number of likely N-dealkylation sites (tertiary alicyclic amines) is 1. The number of rotatable bonds is 14. The maximum Gasteiger partial charge on any atom is 0.329 e. The fraction of sp³-hybridized carbons (Fsp3) is 0.417. The van der Waals surface area contributed by atoms with Gasteiger partial charge in [-0.1, -0.05) is 18.2 Å². The van der Waals surface area contributed by atoms with Crippen LogP contribution in [0.3, 0.4) is 0 Å². The number of halogens is 3. The number of alkyl halides is 2. The van der Waals surface area contributed by atoms with Crippen molar-refractivity contribution in [2.45, 2.75) is 64.0 Å². The van der Waals surface area contributed by atoms with E-state index in [0.29, 0.717) is 65.9 Å². The van der Waals surface area contributed by atoms with E-state index in [0.717, 1.165) is 53.8 Å². The number of methoxy groups -OCH3 is 1. The molecule has 0 bridgehead atoms. The molecule has 356 valence electrons. The fourth-order valence-corrected chi connectivity index (χ4v) is 9.21. The highest BCUT2D eigenvalue weighted by Crippen LogP contribution is 2.38. The van der Waals surface area contributed by atoms with E-state index in [1.807, 2.05) is 31.4 Å². The summed E-state index contributed by atoms with van der Waals surface area (Å²) in [6, 6.07) is 15.5. The number of nitrogens with zero attached hydrogens (tertiary/aromatic N) is 5. The molecule has 3 saturated heterocycles. The summed E-state index contributed by atoms with van der Waals surface area (Å²) in [6.07, 6.45) is 7.40. The van der Waals surface area contributed by atoms with E-state index in [1.54, 1.807) is 67.3 Å². The zero-order chi connectivity index (χ0) is 47.8. The van der Waals surface area contributed by atoms with E-state index < -0.39 is 29.7 Å². The number of amidine groups is 1. The molecule has 5 heterocycles. The lowest BCUT2D eigenvalue weighted by molar-refractivity contribution is -0.121. The Morgan fingerprint density at radius 2 is 1.67 bits per heavy atom. The summed E-state index contributed by atoms with van der Waals surface area (Å²) >= 11 is 1.59. The van der Waals surface area contributed by atoms with Crippen molar-refractivity contribution in [3.05, 3.63) is 100 Å². The lowest BCUT2D eigenvalue weighted by atomic mass is 10.1. The number of fused-ring (bicyclic) bond motifs is 1. The summed E-state index contributed by atoms with van der Waals surface area (Å²) in [6.45, 7) is 5.02. The minimum Gasteiger partial charge on any atom is -0.493 e. The first-order chi connectivity index (χ1) is 32.2. The highest BCUT2D eigenvalue weighted by Gasteiger charge is 2.42. The van der Waals surface area contributed by atoms with Crippen molar-refractivity contribution in [3.8, 4) is 23.0 Å². The number of aromatic nitrogens is 1. The molecule has 15 nitrogen and oxygen atoms in total. The topological polar surface area (TPSA) is 170 Å². The first-order valence-electron chi connectivity index (χ1n) is 22.2. The van der Waals surface area contributed by atoms with Crippen LogP contribution in [0.1, 0.15) is 88.9 Å². The van der Waals surface area contributed by atoms with Gasteiger partial charge in [-0.15, -0.1) is 0 Å². The van der Waals surface area contributed by atoms with E-state index in [-0.39, 0.29) is 54.9 Å². The van der Waals surface area contributed by atoms with Gasteiger partial charge in [0.2, 0.25) is 5.91 Å². The van der Waals surface area contributed by atoms with Crippen LogP contribution in [0.5, 0.6) is 23.0 Å². The third-order valence-corrected chi connectivity index (χ3v) is 12.6. The molecular weight excluding hydrogens is 890 g/mol. The van der Waals surface area contributed by atoms with Crippen molar-refractivity contribution < 1.29 is 46.6 Å². The van der Waals surface area contributed by atoms with Crippen LogP contribution in [0.2, 0.25) is 0 Å². The standard InChI is InChI=1S/C24H26F3N5O3.C24H29N3O4S/c1-29-19-12-20(18(25)11-17(19)22(28)32-10-7-21(33)30-23(32)34)35-16-5-3-15(4-6-16)13-31-9-2-8-24(26,27)14-31;1-4-31-21-12-16(8-9-20(21)30-2)19(15-32-3)27-23(28)17-13-22(25-14-18(17)24(27)29)26-10-6-5-7-11-26/h3-6,11-12,28-29H,2,7-10,13-14H2,1H3,(H,30,33,34);8-9,12-14,19H,4-7,10-11,15H2,1-3H3. The number of anilines is 2. The van der Waals surface area contributed by atoms with Crippen LogP contribution in [0.4, 0.5) is 29.5 Å². The van der Waals surface area contributed by atoms with E-state index >= 15 is 0 Å². The van der Waals surface area contributed by atoms with Gasteiger partial charge in [0.25, 0.3) is 17.7 Å². The van der Waals surface area contributed by atoms with Crippen LogP contribution >= 0.6 is 11.8 Å². The molecular formula is C48H55F3N8O7S. The molecule has 1 atom stereocenters. The van der Waals surface area contributed by atoms with Crippen molar-refractivity contribution in [1.82, 2.24) is 25.0 Å². The summed E-state index contributed by atoms with van der Waals surface area (Å²) in [4.78, 5) is 61.1. The van der Waals surface area contributed by atoms with E-state index in [9.17, 15) is 32.3 Å². The Hall–Kier alpha value is -6.34. The second-order valence-electron chi connectivity index (χ2n) is 16.5. The number of benzene rings is 3. The van der Waals surface area contributed by atoms with Gasteiger partial charge in [-0.3, -0.25) is 39.8 Å². The number of amides is 5. The first kappa shape index (κ1) is 48.6. The second-order valence-corrected chi connectivity index (χ2v) is 17.4. The SMILES string of the molecule is CCOc1cc(C(CSC)N2C(=O)c3cnc(N4CCCCC4)cc3C2=O)ccc1OC.CNc1cc(Oc2ccc(CN3CCCC(F)(F)C3)cc2)c(F)cc1C(=N)N1CCC(=O)NC1=O.